The molecule has 0 aliphatic heterocycles. The lowest BCUT2D eigenvalue weighted by Crippen LogP contribution is -2.24. The van der Waals surface area contributed by atoms with Crippen molar-refractivity contribution < 1.29 is 22.7 Å². The quantitative estimate of drug-likeness (QED) is 0.794. The van der Waals surface area contributed by atoms with Gasteiger partial charge in [0.1, 0.15) is 5.75 Å². The molecule has 0 saturated carbocycles. The van der Waals surface area contributed by atoms with Gasteiger partial charge in [-0.3, -0.25) is 4.79 Å². The molecule has 0 atom stereocenters. The Kier molecular flexibility index (Phi) is 5.56. The summed E-state index contributed by atoms with van der Waals surface area (Å²) in [6, 6.07) is 11.5. The summed E-state index contributed by atoms with van der Waals surface area (Å²) in [6.07, 6.45) is -4.93. The Bertz CT molecular complexity index is 741. The van der Waals surface area contributed by atoms with Crippen molar-refractivity contribution in [2.45, 2.75) is 12.7 Å². The van der Waals surface area contributed by atoms with Gasteiger partial charge in [0, 0.05) is 32.0 Å². The minimum absolute atomic E-state index is 0.142. The van der Waals surface area contributed by atoms with Gasteiger partial charge in [-0.25, -0.2) is 0 Å². The van der Waals surface area contributed by atoms with E-state index in [-0.39, 0.29) is 12.2 Å². The van der Waals surface area contributed by atoms with Gasteiger partial charge in [0.25, 0.3) is 5.78 Å². The van der Waals surface area contributed by atoms with E-state index in [4.69, 9.17) is 4.74 Å². The van der Waals surface area contributed by atoms with Crippen molar-refractivity contribution in [1.29, 1.82) is 0 Å². The maximum atomic E-state index is 12.9. The van der Waals surface area contributed by atoms with Crippen LogP contribution < -0.4 is 15.0 Å². The van der Waals surface area contributed by atoms with Gasteiger partial charge in [-0.05, 0) is 35.9 Å². The van der Waals surface area contributed by atoms with Crippen LogP contribution in [0.15, 0.2) is 42.5 Å². The Morgan fingerprint density at radius 1 is 1.12 bits per heavy atom. The number of methoxy groups -OCH3 is 1. The van der Waals surface area contributed by atoms with Gasteiger partial charge in [0.15, 0.2) is 0 Å². The zero-order chi connectivity index (χ0) is 18.6. The van der Waals surface area contributed by atoms with Crippen molar-refractivity contribution in [3.8, 4) is 5.75 Å². The Morgan fingerprint density at radius 2 is 1.76 bits per heavy atom. The number of alkyl halides is 3. The number of ketones is 1. The number of benzene rings is 2. The number of carbonyl (C=O) groups excluding carboxylic acids is 1. The lowest BCUT2D eigenvalue weighted by Gasteiger charge is -2.18. The van der Waals surface area contributed by atoms with E-state index in [2.05, 4.69) is 5.32 Å². The smallest absolute Gasteiger partial charge is 0.454 e. The number of Topliss-reactive ketones (excluding diaryl/α,β-unsaturated/α-hetero) is 1. The third-order valence-corrected chi connectivity index (χ3v) is 3.66. The van der Waals surface area contributed by atoms with Crippen molar-refractivity contribution in [2.75, 3.05) is 31.4 Å². The molecule has 2 aromatic rings. The topological polar surface area (TPSA) is 41.6 Å². The number of carbonyl (C=O) groups is 1. The molecule has 0 fully saturated rings. The highest BCUT2D eigenvalue weighted by Crippen LogP contribution is 2.29. The van der Waals surface area contributed by atoms with Crippen LogP contribution in [0.1, 0.15) is 15.9 Å². The van der Waals surface area contributed by atoms with Gasteiger partial charge in [-0.15, -0.1) is 0 Å². The molecule has 0 aromatic heterocycles. The Hall–Kier alpha value is -2.70. The first-order valence-electron chi connectivity index (χ1n) is 7.52. The Labute approximate surface area is 144 Å². The van der Waals surface area contributed by atoms with Crippen LogP contribution in [-0.2, 0) is 6.54 Å². The number of hydrogen-bond donors (Lipinski definition) is 1. The molecule has 0 heterocycles. The molecule has 0 spiro atoms. The van der Waals surface area contributed by atoms with Gasteiger partial charge in [0.05, 0.1) is 12.7 Å². The molecule has 1 N–H and O–H groups in total. The lowest BCUT2D eigenvalue weighted by molar-refractivity contribution is -0.0884. The Balaban J connectivity index is 2.27. The minimum atomic E-state index is -4.93. The van der Waals surface area contributed by atoms with Crippen LogP contribution in [0.3, 0.4) is 0 Å². The van der Waals surface area contributed by atoms with E-state index in [1.54, 1.807) is 56.4 Å². The summed E-state index contributed by atoms with van der Waals surface area (Å²) in [5.74, 6) is -1.18. The summed E-state index contributed by atoms with van der Waals surface area (Å²) in [7, 11) is 4.94. The number of halogens is 3. The van der Waals surface area contributed by atoms with E-state index >= 15 is 0 Å². The van der Waals surface area contributed by atoms with Gasteiger partial charge >= 0.3 is 6.18 Å². The molecular weight excluding hydrogens is 333 g/mol. The first kappa shape index (κ1) is 18.6. The predicted molar refractivity (Wildman–Crippen MR) is 91.5 cm³/mol. The molecule has 0 saturated heterocycles. The fraction of sp³-hybridized carbons (Fsp3) is 0.278. The zero-order valence-electron chi connectivity index (χ0n) is 14.1. The fourth-order valence-electron chi connectivity index (χ4n) is 2.25. The predicted octanol–water partition coefficient (Wildman–Crippen LogP) is 4.12. The first-order valence-corrected chi connectivity index (χ1v) is 7.52. The number of hydrogen-bond acceptors (Lipinski definition) is 4. The van der Waals surface area contributed by atoms with Gasteiger partial charge < -0.3 is 15.0 Å². The number of anilines is 2. The van der Waals surface area contributed by atoms with Crippen LogP contribution in [-0.4, -0.2) is 33.2 Å². The van der Waals surface area contributed by atoms with Crippen LogP contribution in [0.5, 0.6) is 5.75 Å². The third-order valence-electron chi connectivity index (χ3n) is 3.66. The highest BCUT2D eigenvalue weighted by molar-refractivity contribution is 6.05. The summed E-state index contributed by atoms with van der Waals surface area (Å²) < 4.78 is 43.7. The standard InChI is InChI=1S/C18H19F3N2O2/c1-23(2)13-6-9-16(15(10-13)17(24)18(19,20)21)22-11-12-4-7-14(25-3)8-5-12/h4-10,22H,11H2,1-3H3. The molecule has 0 amide bonds. The van der Waals surface area contributed by atoms with Crippen LogP contribution in [0, 0.1) is 0 Å². The van der Waals surface area contributed by atoms with Gasteiger partial charge in [0.2, 0.25) is 0 Å². The molecule has 2 aromatic carbocycles. The van der Waals surface area contributed by atoms with E-state index in [9.17, 15) is 18.0 Å². The average molecular weight is 352 g/mol. The molecule has 4 nitrogen and oxygen atoms in total. The maximum Gasteiger partial charge on any atom is 0.454 e. The lowest BCUT2D eigenvalue weighted by atomic mass is 10.1. The van der Waals surface area contributed by atoms with Crippen LogP contribution in [0.2, 0.25) is 0 Å². The van der Waals surface area contributed by atoms with Gasteiger partial charge in [-0.1, -0.05) is 12.1 Å². The van der Waals surface area contributed by atoms with E-state index in [1.807, 2.05) is 0 Å². The summed E-state index contributed by atoms with van der Waals surface area (Å²) >= 11 is 0. The fourth-order valence-corrected chi connectivity index (χ4v) is 2.25. The molecule has 0 aliphatic carbocycles. The normalized spacial score (nSPS) is 11.1. The largest absolute Gasteiger partial charge is 0.497 e. The molecule has 2 rings (SSSR count). The van der Waals surface area contributed by atoms with E-state index in [0.29, 0.717) is 11.4 Å². The summed E-state index contributed by atoms with van der Waals surface area (Å²) in [4.78, 5) is 13.4. The molecule has 0 bridgehead atoms. The van der Waals surface area contributed by atoms with Gasteiger partial charge in [-0.2, -0.15) is 13.2 Å². The number of nitrogens with zero attached hydrogens (tertiary/aromatic N) is 1. The summed E-state index contributed by atoms with van der Waals surface area (Å²) in [5.41, 5.74) is 1.11. The molecule has 0 radical (unpaired) electrons. The van der Waals surface area contributed by atoms with Crippen molar-refractivity contribution in [1.82, 2.24) is 0 Å². The van der Waals surface area contributed by atoms with E-state index in [1.165, 1.54) is 12.1 Å². The van der Waals surface area contributed by atoms with Crippen molar-refractivity contribution in [3.05, 3.63) is 53.6 Å². The SMILES string of the molecule is COc1ccc(CNc2ccc(N(C)C)cc2C(=O)C(F)(F)F)cc1. The zero-order valence-corrected chi connectivity index (χ0v) is 14.1. The molecule has 0 unspecified atom stereocenters. The second-order valence-corrected chi connectivity index (χ2v) is 5.65. The summed E-state index contributed by atoms with van der Waals surface area (Å²) in [6.45, 7) is 0.281. The number of rotatable bonds is 6. The van der Waals surface area contributed by atoms with Crippen molar-refractivity contribution in [3.63, 3.8) is 0 Å². The van der Waals surface area contributed by atoms with Crippen molar-refractivity contribution in [2.24, 2.45) is 0 Å². The third kappa shape index (κ3) is 4.65. The second-order valence-electron chi connectivity index (χ2n) is 5.65. The molecule has 134 valence electrons. The van der Waals surface area contributed by atoms with E-state index < -0.39 is 17.5 Å². The number of ether oxygens (including phenoxy) is 1. The summed E-state index contributed by atoms with van der Waals surface area (Å²) in [5, 5.41) is 2.91. The number of nitrogens with one attached hydrogen (secondary N) is 1. The average Bonchev–Trinajstić information content (AvgIpc) is 2.58. The molecular formula is C18H19F3N2O2. The minimum Gasteiger partial charge on any atom is -0.497 e. The van der Waals surface area contributed by atoms with Crippen LogP contribution in [0.4, 0.5) is 24.5 Å². The molecule has 7 heteroatoms. The van der Waals surface area contributed by atoms with Crippen LogP contribution in [0.25, 0.3) is 0 Å². The maximum absolute atomic E-state index is 12.9. The molecule has 25 heavy (non-hydrogen) atoms. The first-order chi connectivity index (χ1) is 11.7. The second kappa shape index (κ2) is 7.46. The highest BCUT2D eigenvalue weighted by atomic mass is 19.4. The molecule has 0 aliphatic rings. The van der Waals surface area contributed by atoms with Crippen molar-refractivity contribution >= 4 is 17.2 Å². The highest BCUT2D eigenvalue weighted by Gasteiger charge is 2.40. The Morgan fingerprint density at radius 3 is 2.28 bits per heavy atom. The van der Waals surface area contributed by atoms with Crippen LogP contribution >= 0.6 is 0 Å². The van der Waals surface area contributed by atoms with E-state index in [0.717, 1.165) is 5.56 Å². The monoisotopic (exact) mass is 352 g/mol.